The molecule has 4 heteroatoms. The summed E-state index contributed by atoms with van der Waals surface area (Å²) < 4.78 is 0. The van der Waals surface area contributed by atoms with E-state index in [2.05, 4.69) is 5.73 Å². The van der Waals surface area contributed by atoms with E-state index >= 15 is 0 Å². The first-order valence-corrected chi connectivity index (χ1v) is 1.69. The zero-order valence-corrected chi connectivity index (χ0v) is 7.88. The van der Waals surface area contributed by atoms with E-state index in [4.69, 9.17) is 0 Å². The molecule has 0 aliphatic carbocycles. The predicted molar refractivity (Wildman–Crippen MR) is 44.7 cm³/mol. The fraction of sp³-hybridized carbons (Fsp3) is 0.250. The van der Waals surface area contributed by atoms with Crippen LogP contribution >= 0.6 is 34.0 Å². The Kier molecular flexibility index (Phi) is 20.1. The van der Waals surface area contributed by atoms with Crippen LogP contribution in [-0.4, -0.2) is 5.91 Å². The lowest BCUT2D eigenvalue weighted by molar-refractivity contribution is -0.113. The van der Waals surface area contributed by atoms with E-state index in [1.807, 2.05) is 0 Å². The second-order valence-corrected chi connectivity index (χ2v) is 0.902. The first-order valence-electron chi connectivity index (χ1n) is 1.69. The van der Waals surface area contributed by atoms with Crippen LogP contribution in [0.2, 0.25) is 0 Å². The van der Waals surface area contributed by atoms with E-state index in [1.165, 1.54) is 6.08 Å². The molecule has 0 aliphatic heterocycles. The summed E-state index contributed by atoms with van der Waals surface area (Å²) in [6.07, 6.45) is 2.91. The van der Waals surface area contributed by atoms with Gasteiger partial charge in [-0.25, -0.2) is 0 Å². The molecule has 0 fully saturated rings. The SMILES string of the molecule is Br.Br.CC=CC(N)=O. The van der Waals surface area contributed by atoms with Crippen LogP contribution in [-0.2, 0) is 4.79 Å². The number of carbonyl (C=O) groups excluding carboxylic acids is 1. The van der Waals surface area contributed by atoms with Crippen LogP contribution in [0.25, 0.3) is 0 Å². The molecule has 0 saturated heterocycles. The first kappa shape index (κ1) is 15.7. The average molecular weight is 247 g/mol. The van der Waals surface area contributed by atoms with Gasteiger partial charge in [0.15, 0.2) is 0 Å². The van der Waals surface area contributed by atoms with Gasteiger partial charge in [0.1, 0.15) is 0 Å². The van der Waals surface area contributed by atoms with Gasteiger partial charge in [-0.2, -0.15) is 0 Å². The Morgan fingerprint density at radius 3 is 1.88 bits per heavy atom. The number of carbonyl (C=O) groups is 1. The lowest BCUT2D eigenvalue weighted by Crippen LogP contribution is -2.04. The van der Waals surface area contributed by atoms with Crippen molar-refractivity contribution in [1.29, 1.82) is 0 Å². The minimum absolute atomic E-state index is 0. The molecule has 0 aliphatic rings. The monoisotopic (exact) mass is 245 g/mol. The highest BCUT2D eigenvalue weighted by Gasteiger charge is 1.73. The van der Waals surface area contributed by atoms with Gasteiger partial charge in [0.05, 0.1) is 0 Å². The van der Waals surface area contributed by atoms with Crippen LogP contribution < -0.4 is 5.73 Å². The summed E-state index contributed by atoms with van der Waals surface area (Å²) in [5, 5.41) is 0. The zero-order chi connectivity index (χ0) is 4.99. The summed E-state index contributed by atoms with van der Waals surface area (Å²) in [6.45, 7) is 1.74. The molecule has 0 aromatic heterocycles. The molecule has 50 valence electrons. The molecule has 0 aromatic carbocycles. The predicted octanol–water partition coefficient (Wildman–Crippen LogP) is 1.20. The summed E-state index contributed by atoms with van der Waals surface area (Å²) in [6, 6.07) is 0. The van der Waals surface area contributed by atoms with Gasteiger partial charge >= 0.3 is 0 Å². The van der Waals surface area contributed by atoms with Crippen molar-refractivity contribution in [2.75, 3.05) is 0 Å². The van der Waals surface area contributed by atoms with Crippen molar-refractivity contribution in [3.05, 3.63) is 12.2 Å². The molecule has 0 unspecified atom stereocenters. The highest BCUT2D eigenvalue weighted by Crippen LogP contribution is 1.62. The lowest BCUT2D eigenvalue weighted by Gasteiger charge is -1.70. The van der Waals surface area contributed by atoms with Crippen molar-refractivity contribution in [3.8, 4) is 0 Å². The summed E-state index contributed by atoms with van der Waals surface area (Å²) in [7, 11) is 0. The Morgan fingerprint density at radius 2 is 1.88 bits per heavy atom. The maximum atomic E-state index is 9.73. The molecular formula is C4H9Br2NO. The number of hydrogen-bond acceptors (Lipinski definition) is 1. The van der Waals surface area contributed by atoms with Gasteiger partial charge in [-0.1, -0.05) is 6.08 Å². The zero-order valence-electron chi connectivity index (χ0n) is 4.46. The maximum Gasteiger partial charge on any atom is 0.241 e. The number of allylic oxidation sites excluding steroid dienone is 1. The molecule has 2 N–H and O–H groups in total. The van der Waals surface area contributed by atoms with E-state index in [0.29, 0.717) is 0 Å². The number of primary amides is 1. The highest BCUT2D eigenvalue weighted by molar-refractivity contribution is 8.93. The second kappa shape index (κ2) is 10.2. The van der Waals surface area contributed by atoms with E-state index < -0.39 is 5.91 Å². The third kappa shape index (κ3) is 16.4. The average Bonchev–Trinajstić information content (AvgIpc) is 1.35. The van der Waals surface area contributed by atoms with Crippen molar-refractivity contribution >= 4 is 39.9 Å². The van der Waals surface area contributed by atoms with Gasteiger partial charge in [0, 0.05) is 0 Å². The Balaban J connectivity index is -0.000000125. The van der Waals surface area contributed by atoms with E-state index in [9.17, 15) is 4.79 Å². The second-order valence-electron chi connectivity index (χ2n) is 0.902. The quantitative estimate of drug-likeness (QED) is 0.695. The van der Waals surface area contributed by atoms with Crippen LogP contribution in [0.1, 0.15) is 6.92 Å². The third-order valence-electron chi connectivity index (χ3n) is 0.331. The number of hydrogen-bond donors (Lipinski definition) is 1. The standard InChI is InChI=1S/C4H7NO.2BrH/c1-2-3-4(5)6;;/h2-3H,1H3,(H2,5,6);2*1H. The fourth-order valence-corrected chi connectivity index (χ4v) is 0.164. The third-order valence-corrected chi connectivity index (χ3v) is 0.331. The Morgan fingerprint density at radius 1 is 1.50 bits per heavy atom. The van der Waals surface area contributed by atoms with Crippen LogP contribution in [0.4, 0.5) is 0 Å². The molecule has 0 spiro atoms. The largest absolute Gasteiger partial charge is 0.366 e. The molecule has 1 amide bonds. The molecule has 0 radical (unpaired) electrons. The molecule has 2 nitrogen and oxygen atoms in total. The van der Waals surface area contributed by atoms with Gasteiger partial charge in [-0.3, -0.25) is 4.79 Å². The number of amides is 1. The van der Waals surface area contributed by atoms with Crippen molar-refractivity contribution < 1.29 is 4.79 Å². The molecule has 0 rings (SSSR count). The summed E-state index contributed by atoms with van der Waals surface area (Å²) in [5.74, 6) is -0.391. The summed E-state index contributed by atoms with van der Waals surface area (Å²) in [4.78, 5) is 9.73. The number of rotatable bonds is 1. The van der Waals surface area contributed by atoms with Crippen LogP contribution in [0.5, 0.6) is 0 Å². The van der Waals surface area contributed by atoms with E-state index in [0.717, 1.165) is 0 Å². The highest BCUT2D eigenvalue weighted by atomic mass is 79.9. The van der Waals surface area contributed by atoms with Crippen LogP contribution in [0.3, 0.4) is 0 Å². The minimum atomic E-state index is -0.391. The normalized spacial score (nSPS) is 7.12. The van der Waals surface area contributed by atoms with Gasteiger partial charge in [-0.05, 0) is 13.0 Å². The summed E-state index contributed by atoms with van der Waals surface area (Å²) >= 11 is 0. The number of halogens is 2. The fourth-order valence-electron chi connectivity index (χ4n) is 0.164. The van der Waals surface area contributed by atoms with Gasteiger partial charge < -0.3 is 5.73 Å². The van der Waals surface area contributed by atoms with E-state index in [-0.39, 0.29) is 34.0 Å². The molecular weight excluding hydrogens is 238 g/mol. The molecule has 0 atom stereocenters. The Hall–Kier alpha value is 0.170. The minimum Gasteiger partial charge on any atom is -0.366 e. The maximum absolute atomic E-state index is 9.73. The smallest absolute Gasteiger partial charge is 0.241 e. The molecule has 0 heterocycles. The lowest BCUT2D eigenvalue weighted by atomic mass is 10.5. The molecule has 0 saturated carbocycles. The van der Waals surface area contributed by atoms with Gasteiger partial charge in [0.25, 0.3) is 0 Å². The van der Waals surface area contributed by atoms with Gasteiger partial charge in [0.2, 0.25) is 5.91 Å². The van der Waals surface area contributed by atoms with Crippen molar-refractivity contribution in [3.63, 3.8) is 0 Å². The Labute approximate surface area is 69.7 Å². The molecule has 0 aromatic rings. The summed E-state index contributed by atoms with van der Waals surface area (Å²) in [5.41, 5.74) is 4.68. The van der Waals surface area contributed by atoms with Crippen molar-refractivity contribution in [1.82, 2.24) is 0 Å². The Bertz CT molecular complexity index is 82.1. The molecule has 8 heavy (non-hydrogen) atoms. The topological polar surface area (TPSA) is 43.1 Å². The number of nitrogens with two attached hydrogens (primary N) is 1. The molecule has 0 bridgehead atoms. The van der Waals surface area contributed by atoms with Crippen LogP contribution in [0.15, 0.2) is 12.2 Å². The van der Waals surface area contributed by atoms with Gasteiger partial charge in [-0.15, -0.1) is 34.0 Å². The van der Waals surface area contributed by atoms with E-state index in [1.54, 1.807) is 13.0 Å². The van der Waals surface area contributed by atoms with Crippen LogP contribution in [0, 0.1) is 0 Å². The van der Waals surface area contributed by atoms with Crippen molar-refractivity contribution in [2.45, 2.75) is 6.92 Å². The van der Waals surface area contributed by atoms with Crippen molar-refractivity contribution in [2.24, 2.45) is 5.73 Å². The first-order chi connectivity index (χ1) is 2.77.